The zero-order chi connectivity index (χ0) is 35.4. The lowest BCUT2D eigenvalue weighted by Crippen LogP contribution is -2.58. The Kier molecular flexibility index (Phi) is 12.3. The third kappa shape index (κ3) is 8.04. The number of esters is 1. The number of ketones is 1. The zero-order valence-corrected chi connectivity index (χ0v) is 29.8. The summed E-state index contributed by atoms with van der Waals surface area (Å²) in [6.45, 7) is 13.8. The van der Waals surface area contributed by atoms with E-state index in [2.05, 4.69) is 32.3 Å². The van der Waals surface area contributed by atoms with E-state index >= 15 is 0 Å². The third-order valence-corrected chi connectivity index (χ3v) is 10.3. The molecule has 3 aliphatic heterocycles. The van der Waals surface area contributed by atoms with Crippen molar-refractivity contribution in [2.75, 3.05) is 54.5 Å². The van der Waals surface area contributed by atoms with Crippen molar-refractivity contribution >= 4 is 17.5 Å². The molecular formula is C36H54N5O7+. The fraction of sp³-hybridized carbons (Fsp3) is 0.694. The Morgan fingerprint density at radius 1 is 1.23 bits per heavy atom. The van der Waals surface area contributed by atoms with Crippen molar-refractivity contribution in [3.8, 4) is 12.3 Å². The van der Waals surface area contributed by atoms with Crippen molar-refractivity contribution in [1.29, 1.82) is 0 Å². The molecule has 264 valence electrons. The van der Waals surface area contributed by atoms with E-state index in [1.54, 1.807) is 39.4 Å². The van der Waals surface area contributed by atoms with Gasteiger partial charge >= 0.3 is 5.97 Å². The molecule has 0 aromatic carbocycles. The van der Waals surface area contributed by atoms with E-state index < -0.39 is 47.2 Å². The highest BCUT2D eigenvalue weighted by Gasteiger charge is 2.53. The Bertz CT molecular complexity index is 1370. The number of likely N-dealkylation sites (tertiary alicyclic amines) is 1. The van der Waals surface area contributed by atoms with E-state index in [0.29, 0.717) is 19.5 Å². The van der Waals surface area contributed by atoms with Crippen LogP contribution in [0.15, 0.2) is 31.2 Å². The van der Waals surface area contributed by atoms with Gasteiger partial charge in [-0.3, -0.25) is 29.4 Å². The summed E-state index contributed by atoms with van der Waals surface area (Å²) in [6, 6.07) is -0.124. The molecule has 4 rings (SSSR count). The predicted octanol–water partition coefficient (Wildman–Crippen LogP) is 1.80. The van der Waals surface area contributed by atoms with Crippen LogP contribution in [0.5, 0.6) is 0 Å². The van der Waals surface area contributed by atoms with Gasteiger partial charge < -0.3 is 24.1 Å². The van der Waals surface area contributed by atoms with Crippen molar-refractivity contribution in [2.45, 2.75) is 83.3 Å². The average Bonchev–Trinajstić information content (AvgIpc) is 3.05. The van der Waals surface area contributed by atoms with Gasteiger partial charge in [0.05, 0.1) is 18.2 Å². The molecular weight excluding hydrogens is 614 g/mol. The van der Waals surface area contributed by atoms with Gasteiger partial charge in [0, 0.05) is 69.8 Å². The van der Waals surface area contributed by atoms with Crippen LogP contribution < -0.4 is 0 Å². The molecule has 12 heteroatoms. The number of carbonyl (C=O) groups excluding carboxylic acids is 2. The molecule has 0 spiro atoms. The van der Waals surface area contributed by atoms with Gasteiger partial charge in [0.1, 0.15) is 32.2 Å². The number of ether oxygens (including phenoxy) is 4. The van der Waals surface area contributed by atoms with E-state index in [9.17, 15) is 14.7 Å². The zero-order valence-electron chi connectivity index (χ0n) is 29.8. The number of aliphatic hydroxyl groups is 1. The van der Waals surface area contributed by atoms with Gasteiger partial charge in [-0.15, -0.1) is 13.0 Å². The molecule has 12 nitrogen and oxygen atoms in total. The number of hydrogen-bond donors (Lipinski definition) is 1. The quantitative estimate of drug-likeness (QED) is 0.150. The van der Waals surface area contributed by atoms with Crippen molar-refractivity contribution < 1.29 is 38.2 Å². The number of nitrogens with zero attached hydrogens (tertiary/aromatic N) is 5. The van der Waals surface area contributed by atoms with Crippen LogP contribution in [0.4, 0.5) is 0 Å². The first-order chi connectivity index (χ1) is 22.7. The minimum absolute atomic E-state index is 0.124. The lowest BCUT2D eigenvalue weighted by atomic mass is 9.73. The van der Waals surface area contributed by atoms with Gasteiger partial charge in [-0.25, -0.2) is 4.58 Å². The molecule has 3 fully saturated rings. The molecule has 1 aromatic heterocycles. The highest BCUT2D eigenvalue weighted by atomic mass is 16.7. The standard InChI is InChI=1S/C36H54N5O7/c1-11-25-16-36(12-2,45-10)32(48-33-30(42)28(39(7)8)15-23(3)47-33)24(4)31(43)35(5,6)34(44)46-22-29(40(9)18-25)26-19-41(20-26)21-27-17-37-13-14-38-27/h2,11,13-14,17,23-26,29-30,32-33,42H,1,15-16,18-22H2,3-10H3/q+1/t23-,24+,25-,29+,30-,32-,33+,36-/m1/s1. The monoisotopic (exact) mass is 668 g/mol. The fourth-order valence-corrected chi connectivity index (χ4v) is 7.28. The largest absolute Gasteiger partial charge is 0.463 e. The maximum absolute atomic E-state index is 14.3. The summed E-state index contributed by atoms with van der Waals surface area (Å²) >= 11 is 0. The van der Waals surface area contributed by atoms with Crippen LogP contribution in [0.1, 0.15) is 46.2 Å². The second kappa shape index (κ2) is 15.7. The van der Waals surface area contributed by atoms with Crippen LogP contribution in [0.3, 0.4) is 0 Å². The Morgan fingerprint density at radius 2 is 1.94 bits per heavy atom. The van der Waals surface area contributed by atoms with Gasteiger partial charge in [-0.05, 0) is 40.2 Å². The number of aliphatic hydroxyl groups excluding tert-OH is 1. The molecule has 3 saturated heterocycles. The maximum Gasteiger partial charge on any atom is 0.319 e. The summed E-state index contributed by atoms with van der Waals surface area (Å²) in [5, 5.41) is 11.3. The third-order valence-electron chi connectivity index (χ3n) is 10.3. The second-order valence-corrected chi connectivity index (χ2v) is 14.4. The average molecular weight is 669 g/mol. The van der Waals surface area contributed by atoms with Crippen molar-refractivity contribution in [1.82, 2.24) is 19.8 Å². The van der Waals surface area contributed by atoms with E-state index in [4.69, 9.17) is 25.4 Å². The normalized spacial score (nSPS) is 34.5. The molecule has 8 atom stereocenters. The van der Waals surface area contributed by atoms with Gasteiger partial charge in [-0.1, -0.05) is 18.9 Å². The molecule has 0 radical (unpaired) electrons. The van der Waals surface area contributed by atoms with Crippen LogP contribution in [0.25, 0.3) is 0 Å². The second-order valence-electron chi connectivity index (χ2n) is 14.4. The Balaban J connectivity index is 1.67. The number of hydrogen-bond acceptors (Lipinski definition) is 11. The molecule has 0 amide bonds. The Labute approximate surface area is 285 Å². The lowest BCUT2D eigenvalue weighted by molar-refractivity contribution is -0.473. The van der Waals surface area contributed by atoms with Gasteiger partial charge in [0.15, 0.2) is 29.5 Å². The Morgan fingerprint density at radius 3 is 2.52 bits per heavy atom. The highest BCUT2D eigenvalue weighted by molar-refractivity contribution is 6.04. The number of cyclic esters (lactones) is 1. The van der Waals surface area contributed by atoms with E-state index in [0.717, 1.165) is 24.5 Å². The smallest absolute Gasteiger partial charge is 0.319 e. The minimum Gasteiger partial charge on any atom is -0.463 e. The number of carbonyl (C=O) groups is 2. The lowest BCUT2D eigenvalue weighted by Gasteiger charge is -2.46. The molecule has 48 heavy (non-hydrogen) atoms. The summed E-state index contributed by atoms with van der Waals surface area (Å²) in [6.07, 6.45) is 10.4. The summed E-state index contributed by atoms with van der Waals surface area (Å²) in [7, 11) is 7.20. The topological polar surface area (TPSA) is 127 Å². The number of terminal acetylenes is 1. The summed E-state index contributed by atoms with van der Waals surface area (Å²) < 4.78 is 26.6. The number of likely N-dealkylation sites (N-methyl/N-ethyl adjacent to an activating group) is 1. The Hall–Kier alpha value is -3.05. The van der Waals surface area contributed by atoms with E-state index in [-0.39, 0.29) is 37.0 Å². The van der Waals surface area contributed by atoms with Crippen LogP contribution in [0, 0.1) is 35.5 Å². The van der Waals surface area contributed by atoms with Crippen LogP contribution in [0.2, 0.25) is 0 Å². The molecule has 0 unspecified atom stereocenters. The number of rotatable bonds is 7. The number of methoxy groups -OCH3 is 1. The molecule has 0 saturated carbocycles. The fourth-order valence-electron chi connectivity index (χ4n) is 7.28. The van der Waals surface area contributed by atoms with Gasteiger partial charge in [0.2, 0.25) is 0 Å². The predicted molar refractivity (Wildman–Crippen MR) is 180 cm³/mol. The molecule has 4 heterocycles. The van der Waals surface area contributed by atoms with Crippen molar-refractivity contribution in [2.24, 2.45) is 23.2 Å². The summed E-state index contributed by atoms with van der Waals surface area (Å²) in [5.41, 5.74) is -1.34. The first-order valence-corrected chi connectivity index (χ1v) is 16.7. The molecule has 1 N–H and O–H groups in total. The molecule has 3 aliphatic rings. The summed E-state index contributed by atoms with van der Waals surface area (Å²) in [5.74, 6) is 0.866. The van der Waals surface area contributed by atoms with Gasteiger partial charge in [-0.2, -0.15) is 0 Å². The first kappa shape index (κ1) is 37.8. The molecule has 0 aliphatic carbocycles. The first-order valence-electron chi connectivity index (χ1n) is 16.7. The maximum atomic E-state index is 14.3. The number of aromatic nitrogens is 2. The molecule has 1 aromatic rings. The van der Waals surface area contributed by atoms with Crippen molar-refractivity contribution in [3.05, 3.63) is 36.9 Å². The van der Waals surface area contributed by atoms with Crippen LogP contribution >= 0.6 is 0 Å². The minimum atomic E-state index is -1.53. The van der Waals surface area contributed by atoms with Gasteiger partial charge in [0.25, 0.3) is 0 Å². The van der Waals surface area contributed by atoms with Crippen LogP contribution in [-0.4, -0.2) is 138 Å². The van der Waals surface area contributed by atoms with E-state index in [1.165, 1.54) is 7.11 Å². The van der Waals surface area contributed by atoms with Crippen molar-refractivity contribution in [3.63, 3.8) is 0 Å². The highest BCUT2D eigenvalue weighted by Crippen LogP contribution is 2.38. The van der Waals surface area contributed by atoms with Crippen LogP contribution in [-0.2, 0) is 35.1 Å². The summed E-state index contributed by atoms with van der Waals surface area (Å²) in [4.78, 5) is 41.1. The van der Waals surface area contributed by atoms with E-state index in [1.807, 2.05) is 38.7 Å². The SMILES string of the molecule is C#C[C@@]1(OC)C[C@@H](C=C)CN(C)[C@H](C2CN(Cc3cnccn3)C2)COC(=O)C(C)(C)C(=O)[C@H](C)[C@H]1O[C@@H]1O[C@H](C)CC(=[N+](C)C)[C@H]1O. The number of Topliss-reactive ketones (excluding diaryl/α,β-unsaturated/α-hetero) is 1. The molecule has 0 bridgehead atoms.